The highest BCUT2D eigenvalue weighted by molar-refractivity contribution is 5.89. The summed E-state index contributed by atoms with van der Waals surface area (Å²) >= 11 is 0. The maximum atomic E-state index is 11.7. The van der Waals surface area contributed by atoms with Crippen LogP contribution in [0.1, 0.15) is 18.9 Å². The van der Waals surface area contributed by atoms with Crippen molar-refractivity contribution in [3.63, 3.8) is 0 Å². The summed E-state index contributed by atoms with van der Waals surface area (Å²) in [4.78, 5) is 25.6. The number of ketones is 1. The molecule has 0 aliphatic carbocycles. The number of carbonyl (C=O) groups is 2. The van der Waals surface area contributed by atoms with E-state index in [0.717, 1.165) is 16.5 Å². The third-order valence-electron chi connectivity index (χ3n) is 2.83. The Labute approximate surface area is 105 Å². The van der Waals surface area contributed by atoms with Crippen LogP contribution in [0.4, 0.5) is 0 Å². The monoisotopic (exact) mass is 244 g/mol. The summed E-state index contributed by atoms with van der Waals surface area (Å²) in [5.41, 5.74) is 2.01. The van der Waals surface area contributed by atoms with Crippen molar-refractivity contribution in [3.05, 3.63) is 36.0 Å². The van der Waals surface area contributed by atoms with E-state index in [1.54, 1.807) is 0 Å². The number of hydrogen-bond acceptors (Lipinski definition) is 2. The van der Waals surface area contributed by atoms with Crippen LogP contribution in [-0.4, -0.2) is 23.2 Å². The number of carbonyl (C=O) groups excluding carboxylic acids is 2. The molecule has 0 aliphatic heterocycles. The second kappa shape index (κ2) is 5.49. The number of Topliss-reactive ketones (excluding diaryl/α,β-unsaturated/α-hetero) is 1. The predicted molar refractivity (Wildman–Crippen MR) is 70.3 cm³/mol. The number of aromatic nitrogens is 1. The van der Waals surface area contributed by atoms with Gasteiger partial charge < -0.3 is 10.3 Å². The van der Waals surface area contributed by atoms with Gasteiger partial charge in [-0.15, -0.1) is 0 Å². The summed E-state index contributed by atoms with van der Waals surface area (Å²) < 4.78 is 0. The third-order valence-corrected chi connectivity index (χ3v) is 2.83. The van der Waals surface area contributed by atoms with E-state index in [-0.39, 0.29) is 11.7 Å². The van der Waals surface area contributed by atoms with Crippen molar-refractivity contribution < 1.29 is 9.59 Å². The van der Waals surface area contributed by atoms with Gasteiger partial charge in [-0.05, 0) is 18.6 Å². The van der Waals surface area contributed by atoms with Gasteiger partial charge >= 0.3 is 0 Å². The van der Waals surface area contributed by atoms with Crippen molar-refractivity contribution in [1.29, 1.82) is 0 Å². The van der Waals surface area contributed by atoms with Gasteiger partial charge in [0.1, 0.15) is 5.78 Å². The first kappa shape index (κ1) is 12.4. The largest absolute Gasteiger partial charge is 0.361 e. The SMILES string of the molecule is CC(=O)CCNC(=O)Cc1c[nH]c2ccccc12. The van der Waals surface area contributed by atoms with Crippen LogP contribution < -0.4 is 5.32 Å². The lowest BCUT2D eigenvalue weighted by Crippen LogP contribution is -2.27. The number of para-hydroxylation sites is 1. The molecule has 0 fully saturated rings. The maximum absolute atomic E-state index is 11.7. The molecular weight excluding hydrogens is 228 g/mol. The topological polar surface area (TPSA) is 62.0 Å². The first-order valence-corrected chi connectivity index (χ1v) is 5.98. The zero-order valence-corrected chi connectivity index (χ0v) is 10.3. The van der Waals surface area contributed by atoms with Crippen LogP contribution in [-0.2, 0) is 16.0 Å². The number of fused-ring (bicyclic) bond motifs is 1. The highest BCUT2D eigenvalue weighted by atomic mass is 16.1. The molecule has 94 valence electrons. The summed E-state index contributed by atoms with van der Waals surface area (Å²) in [6.45, 7) is 1.93. The lowest BCUT2D eigenvalue weighted by Gasteiger charge is -2.03. The summed E-state index contributed by atoms with van der Waals surface area (Å²) in [6.07, 6.45) is 2.58. The maximum Gasteiger partial charge on any atom is 0.224 e. The number of hydrogen-bond donors (Lipinski definition) is 2. The van der Waals surface area contributed by atoms with Gasteiger partial charge in [-0.1, -0.05) is 18.2 Å². The molecule has 0 bridgehead atoms. The smallest absolute Gasteiger partial charge is 0.224 e. The Morgan fingerprint density at radius 3 is 2.83 bits per heavy atom. The first-order valence-electron chi connectivity index (χ1n) is 5.98. The Morgan fingerprint density at radius 2 is 2.06 bits per heavy atom. The van der Waals surface area contributed by atoms with Crippen molar-refractivity contribution >= 4 is 22.6 Å². The summed E-state index contributed by atoms with van der Waals surface area (Å²) in [6, 6.07) is 7.87. The van der Waals surface area contributed by atoms with Gasteiger partial charge in [-0.2, -0.15) is 0 Å². The minimum Gasteiger partial charge on any atom is -0.361 e. The van der Waals surface area contributed by atoms with Gasteiger partial charge in [0.05, 0.1) is 6.42 Å². The second-order valence-electron chi connectivity index (χ2n) is 4.34. The molecule has 2 aromatic rings. The standard InChI is InChI=1S/C14H16N2O2/c1-10(17)6-7-15-14(18)8-11-9-16-13-5-3-2-4-12(11)13/h2-5,9,16H,6-8H2,1H3,(H,15,18). The molecular formula is C14H16N2O2. The Bertz CT molecular complexity index is 572. The third kappa shape index (κ3) is 2.97. The van der Waals surface area contributed by atoms with Gasteiger partial charge in [-0.3, -0.25) is 9.59 Å². The van der Waals surface area contributed by atoms with Gasteiger partial charge in [0.15, 0.2) is 0 Å². The Balaban J connectivity index is 1.97. The number of rotatable bonds is 5. The van der Waals surface area contributed by atoms with Crippen LogP contribution in [0.15, 0.2) is 30.5 Å². The lowest BCUT2D eigenvalue weighted by molar-refractivity contribution is -0.120. The van der Waals surface area contributed by atoms with E-state index in [1.807, 2.05) is 30.5 Å². The molecule has 1 amide bonds. The zero-order valence-electron chi connectivity index (χ0n) is 10.3. The lowest BCUT2D eigenvalue weighted by atomic mass is 10.1. The predicted octanol–water partition coefficient (Wildman–Crippen LogP) is 1.81. The highest BCUT2D eigenvalue weighted by Crippen LogP contribution is 2.17. The van der Waals surface area contributed by atoms with E-state index >= 15 is 0 Å². The van der Waals surface area contributed by atoms with Gasteiger partial charge in [0.25, 0.3) is 0 Å². The Kier molecular flexibility index (Phi) is 3.77. The fourth-order valence-electron chi connectivity index (χ4n) is 1.89. The van der Waals surface area contributed by atoms with Crippen LogP contribution in [0, 0.1) is 0 Å². The van der Waals surface area contributed by atoms with Gasteiger partial charge in [0, 0.05) is 30.1 Å². The molecule has 0 atom stereocenters. The van der Waals surface area contributed by atoms with Crippen LogP contribution >= 0.6 is 0 Å². The molecule has 4 heteroatoms. The van der Waals surface area contributed by atoms with Gasteiger partial charge in [-0.25, -0.2) is 0 Å². The summed E-state index contributed by atoms with van der Waals surface area (Å²) in [5, 5.41) is 3.81. The van der Waals surface area contributed by atoms with Crippen molar-refractivity contribution in [1.82, 2.24) is 10.3 Å². The normalized spacial score (nSPS) is 10.5. The summed E-state index contributed by atoms with van der Waals surface area (Å²) in [5.74, 6) is 0.0309. The van der Waals surface area contributed by atoms with Crippen molar-refractivity contribution in [2.24, 2.45) is 0 Å². The molecule has 1 aromatic carbocycles. The fraction of sp³-hybridized carbons (Fsp3) is 0.286. The molecule has 1 aromatic heterocycles. The van der Waals surface area contributed by atoms with Crippen LogP contribution in [0.5, 0.6) is 0 Å². The molecule has 0 aliphatic rings. The Hall–Kier alpha value is -2.10. The van der Waals surface area contributed by atoms with Crippen molar-refractivity contribution in [2.75, 3.05) is 6.54 Å². The van der Waals surface area contributed by atoms with E-state index in [2.05, 4.69) is 10.3 Å². The van der Waals surface area contributed by atoms with E-state index in [9.17, 15) is 9.59 Å². The Morgan fingerprint density at radius 1 is 1.28 bits per heavy atom. The molecule has 0 unspecified atom stereocenters. The molecule has 2 N–H and O–H groups in total. The second-order valence-corrected chi connectivity index (χ2v) is 4.34. The van der Waals surface area contributed by atoms with E-state index in [4.69, 9.17) is 0 Å². The van der Waals surface area contributed by atoms with E-state index < -0.39 is 0 Å². The number of aromatic amines is 1. The van der Waals surface area contributed by atoms with Crippen molar-refractivity contribution in [2.45, 2.75) is 19.8 Å². The number of amides is 1. The van der Waals surface area contributed by atoms with Crippen molar-refractivity contribution in [3.8, 4) is 0 Å². The quantitative estimate of drug-likeness (QED) is 0.842. The van der Waals surface area contributed by atoms with Crippen LogP contribution in [0.3, 0.4) is 0 Å². The minimum absolute atomic E-state index is 0.0546. The summed E-state index contributed by atoms with van der Waals surface area (Å²) in [7, 11) is 0. The van der Waals surface area contributed by atoms with E-state index in [0.29, 0.717) is 19.4 Å². The fourth-order valence-corrected chi connectivity index (χ4v) is 1.89. The minimum atomic E-state index is -0.0546. The first-order chi connectivity index (χ1) is 8.66. The molecule has 0 saturated carbocycles. The number of H-pyrrole nitrogens is 1. The van der Waals surface area contributed by atoms with Gasteiger partial charge in [0.2, 0.25) is 5.91 Å². The average Bonchev–Trinajstić information content (AvgIpc) is 2.72. The van der Waals surface area contributed by atoms with Crippen LogP contribution in [0.25, 0.3) is 10.9 Å². The molecule has 0 spiro atoms. The van der Waals surface area contributed by atoms with Crippen LogP contribution in [0.2, 0.25) is 0 Å². The molecule has 0 radical (unpaired) electrons. The highest BCUT2D eigenvalue weighted by Gasteiger charge is 2.08. The number of benzene rings is 1. The molecule has 0 saturated heterocycles. The van der Waals surface area contributed by atoms with E-state index in [1.165, 1.54) is 6.92 Å². The molecule has 2 rings (SSSR count). The number of nitrogens with one attached hydrogen (secondary N) is 2. The zero-order chi connectivity index (χ0) is 13.0. The molecule has 1 heterocycles. The molecule has 4 nitrogen and oxygen atoms in total. The molecule has 18 heavy (non-hydrogen) atoms. The average molecular weight is 244 g/mol.